The molecule has 0 saturated carbocycles. The molecule has 0 saturated heterocycles. The third-order valence-electron chi connectivity index (χ3n) is 3.46. The van der Waals surface area contributed by atoms with Gasteiger partial charge in [0.25, 0.3) is 0 Å². The van der Waals surface area contributed by atoms with Crippen LogP contribution in [0.4, 0.5) is 30.7 Å². The van der Waals surface area contributed by atoms with E-state index in [2.05, 4.69) is 0 Å². The molecule has 0 unspecified atom stereocenters. The Bertz CT molecular complexity index is 669. The van der Waals surface area contributed by atoms with E-state index in [0.717, 1.165) is 0 Å². The molecule has 0 amide bonds. The Labute approximate surface area is 158 Å². The van der Waals surface area contributed by atoms with Crippen LogP contribution in [-0.2, 0) is 6.42 Å². The third-order valence-corrected chi connectivity index (χ3v) is 4.13. The van der Waals surface area contributed by atoms with Gasteiger partial charge in [0, 0.05) is 9.13 Å². The maximum absolute atomic E-state index is 13.0. The van der Waals surface area contributed by atoms with Crippen molar-refractivity contribution in [3.8, 4) is 0 Å². The van der Waals surface area contributed by atoms with Crippen LogP contribution in [0.5, 0.6) is 0 Å². The standard InChI is InChI=1S/C16H14F7IO2/c17-14(18,15(19,20)16(21,22)23)8-4-2-1-3-5-10-6-7-11(24)9-12(10)13(25)26/h4,6-9H,1-3,5H2,(H,25,26)/p-1. The Kier molecular flexibility index (Phi) is 7.49. The number of aromatic carboxylic acids is 1. The first kappa shape index (κ1) is 22.7. The number of alkyl halides is 7. The number of unbranched alkanes of at least 4 members (excludes halogenated alkanes) is 2. The van der Waals surface area contributed by atoms with Crippen molar-refractivity contribution in [2.75, 3.05) is 0 Å². The molecule has 0 fully saturated rings. The quantitative estimate of drug-likeness (QED) is 0.225. The van der Waals surface area contributed by atoms with Gasteiger partial charge >= 0.3 is 18.0 Å². The molecule has 0 radical (unpaired) electrons. The molecule has 0 spiro atoms. The number of hydrogen-bond donors (Lipinski definition) is 0. The number of carboxylic acids is 1. The Balaban J connectivity index is 2.58. The van der Waals surface area contributed by atoms with E-state index in [-0.39, 0.29) is 24.8 Å². The molecule has 1 aromatic carbocycles. The average Bonchev–Trinajstić information content (AvgIpc) is 2.50. The summed E-state index contributed by atoms with van der Waals surface area (Å²) < 4.78 is 87.9. The minimum Gasteiger partial charge on any atom is -0.545 e. The summed E-state index contributed by atoms with van der Waals surface area (Å²) in [7, 11) is 0. The first-order chi connectivity index (χ1) is 11.8. The van der Waals surface area contributed by atoms with E-state index in [9.17, 15) is 40.6 Å². The molecule has 0 atom stereocenters. The maximum Gasteiger partial charge on any atom is 0.460 e. The number of halogens is 8. The molecule has 0 bridgehead atoms. The summed E-state index contributed by atoms with van der Waals surface area (Å²) in [6.45, 7) is 0. The number of rotatable bonds is 8. The van der Waals surface area contributed by atoms with Crippen LogP contribution >= 0.6 is 22.6 Å². The number of carboxylic acid groups (broad SMARTS) is 1. The molecule has 146 valence electrons. The molecule has 1 rings (SSSR count). The molecule has 0 aromatic heterocycles. The van der Waals surface area contributed by atoms with Crippen molar-refractivity contribution >= 4 is 28.6 Å². The molecule has 26 heavy (non-hydrogen) atoms. The second-order valence-corrected chi connectivity index (χ2v) is 6.68. The van der Waals surface area contributed by atoms with Crippen molar-refractivity contribution in [1.29, 1.82) is 0 Å². The van der Waals surface area contributed by atoms with Gasteiger partial charge in [0.15, 0.2) is 0 Å². The van der Waals surface area contributed by atoms with Gasteiger partial charge in [0.2, 0.25) is 0 Å². The zero-order valence-corrected chi connectivity index (χ0v) is 15.2. The number of benzene rings is 1. The summed E-state index contributed by atoms with van der Waals surface area (Å²) in [5.41, 5.74) is 0.451. The number of carbonyl (C=O) groups excluding carboxylic acids is 1. The summed E-state index contributed by atoms with van der Waals surface area (Å²) in [5.74, 6) is -12.9. The van der Waals surface area contributed by atoms with Gasteiger partial charge in [-0.25, -0.2) is 0 Å². The predicted molar refractivity (Wildman–Crippen MR) is 86.1 cm³/mol. The number of carbonyl (C=O) groups is 1. The number of aryl methyl sites for hydroxylation is 1. The fraction of sp³-hybridized carbons (Fsp3) is 0.438. The zero-order chi connectivity index (χ0) is 20.2. The first-order valence-corrected chi connectivity index (χ1v) is 8.37. The zero-order valence-electron chi connectivity index (χ0n) is 13.1. The molecule has 2 nitrogen and oxygen atoms in total. The lowest BCUT2D eigenvalue weighted by Crippen LogP contribution is -2.50. The summed E-state index contributed by atoms with van der Waals surface area (Å²) in [5, 5.41) is 11.0. The van der Waals surface area contributed by atoms with Crippen LogP contribution in [0.25, 0.3) is 0 Å². The Morgan fingerprint density at radius 3 is 2.23 bits per heavy atom. The van der Waals surface area contributed by atoms with E-state index in [1.54, 1.807) is 12.1 Å². The first-order valence-electron chi connectivity index (χ1n) is 7.29. The van der Waals surface area contributed by atoms with Crippen LogP contribution in [-0.4, -0.2) is 24.0 Å². The lowest BCUT2D eigenvalue weighted by molar-refractivity contribution is -0.341. The fourth-order valence-electron chi connectivity index (χ4n) is 2.06. The van der Waals surface area contributed by atoms with E-state index in [1.165, 1.54) is 6.07 Å². The van der Waals surface area contributed by atoms with Crippen molar-refractivity contribution in [1.82, 2.24) is 0 Å². The molecule has 10 heteroatoms. The van der Waals surface area contributed by atoms with Gasteiger partial charge in [0.1, 0.15) is 0 Å². The number of hydrogen-bond acceptors (Lipinski definition) is 2. The van der Waals surface area contributed by atoms with Crippen LogP contribution in [0.3, 0.4) is 0 Å². The summed E-state index contributed by atoms with van der Waals surface area (Å²) in [6, 6.07) is 4.65. The molecule has 1 aromatic rings. The van der Waals surface area contributed by atoms with E-state index in [1.807, 2.05) is 22.6 Å². The Hall–Kier alpha value is -1.33. The lowest BCUT2D eigenvalue weighted by Gasteiger charge is -2.25. The van der Waals surface area contributed by atoms with Crippen molar-refractivity contribution in [2.45, 2.75) is 43.7 Å². The molecule has 0 heterocycles. The summed E-state index contributed by atoms with van der Waals surface area (Å²) in [4.78, 5) is 11.0. The smallest absolute Gasteiger partial charge is 0.460 e. The maximum atomic E-state index is 13.0. The van der Waals surface area contributed by atoms with Crippen LogP contribution in [0, 0.1) is 3.57 Å². The SMILES string of the molecule is O=C([O-])c1cc(I)ccc1CCCCC=CC(F)(F)C(F)(F)C(F)(F)F. The molecule has 0 N–H and O–H groups in total. The molecule has 0 aliphatic carbocycles. The monoisotopic (exact) mass is 497 g/mol. The summed E-state index contributed by atoms with van der Waals surface area (Å²) >= 11 is 1.92. The minimum absolute atomic E-state index is 0.0104. The Morgan fingerprint density at radius 1 is 1.08 bits per heavy atom. The predicted octanol–water partition coefficient (Wildman–Crippen LogP) is 4.76. The second kappa shape index (κ2) is 8.57. The Morgan fingerprint density at radius 2 is 1.69 bits per heavy atom. The van der Waals surface area contributed by atoms with Gasteiger partial charge in [-0.05, 0) is 72.0 Å². The van der Waals surface area contributed by atoms with Crippen LogP contribution < -0.4 is 5.11 Å². The topological polar surface area (TPSA) is 40.1 Å². The van der Waals surface area contributed by atoms with E-state index < -0.39 is 30.1 Å². The highest BCUT2D eigenvalue weighted by Gasteiger charge is 2.71. The van der Waals surface area contributed by atoms with Gasteiger partial charge in [-0.2, -0.15) is 30.7 Å². The molecular formula is C16H13F7IO2-. The van der Waals surface area contributed by atoms with Crippen LogP contribution in [0.2, 0.25) is 0 Å². The van der Waals surface area contributed by atoms with E-state index in [0.29, 0.717) is 21.6 Å². The molecular weight excluding hydrogens is 484 g/mol. The highest BCUT2D eigenvalue weighted by atomic mass is 127. The normalized spacial score (nSPS) is 13.4. The highest BCUT2D eigenvalue weighted by molar-refractivity contribution is 14.1. The van der Waals surface area contributed by atoms with Crippen molar-refractivity contribution < 1.29 is 40.6 Å². The molecule has 0 aliphatic rings. The van der Waals surface area contributed by atoms with Crippen molar-refractivity contribution in [2.24, 2.45) is 0 Å². The largest absolute Gasteiger partial charge is 0.545 e. The van der Waals surface area contributed by atoms with Gasteiger partial charge < -0.3 is 9.90 Å². The molecule has 0 aliphatic heterocycles. The summed E-state index contributed by atoms with van der Waals surface area (Å²) in [6.07, 6.45) is -5.61. The van der Waals surface area contributed by atoms with Gasteiger partial charge in [-0.15, -0.1) is 0 Å². The van der Waals surface area contributed by atoms with Gasteiger partial charge in [-0.1, -0.05) is 12.1 Å². The van der Waals surface area contributed by atoms with Crippen molar-refractivity contribution in [3.63, 3.8) is 0 Å². The van der Waals surface area contributed by atoms with Crippen LogP contribution in [0.1, 0.15) is 35.2 Å². The lowest BCUT2D eigenvalue weighted by atomic mass is 10.0. The average molecular weight is 497 g/mol. The van der Waals surface area contributed by atoms with Gasteiger partial charge in [0.05, 0.1) is 5.97 Å². The second-order valence-electron chi connectivity index (χ2n) is 5.43. The number of allylic oxidation sites excluding steroid dienone is 2. The van der Waals surface area contributed by atoms with E-state index >= 15 is 0 Å². The van der Waals surface area contributed by atoms with Gasteiger partial charge in [-0.3, -0.25) is 0 Å². The van der Waals surface area contributed by atoms with E-state index in [4.69, 9.17) is 0 Å². The van der Waals surface area contributed by atoms with Crippen molar-refractivity contribution in [3.05, 3.63) is 45.0 Å². The third kappa shape index (κ3) is 5.58. The minimum atomic E-state index is -6.35. The highest BCUT2D eigenvalue weighted by Crippen LogP contribution is 2.47. The van der Waals surface area contributed by atoms with Crippen LogP contribution in [0.15, 0.2) is 30.4 Å². The fourth-order valence-corrected chi connectivity index (χ4v) is 2.55.